The molecule has 1 aliphatic rings. The Morgan fingerprint density at radius 1 is 1.02 bits per heavy atom. The number of carbonyl (C=O) groups excluding carboxylic acids is 4. The van der Waals surface area contributed by atoms with Crippen LogP contribution in [-0.4, -0.2) is 40.3 Å². The van der Waals surface area contributed by atoms with E-state index in [1.807, 2.05) is 0 Å². The molecule has 0 aliphatic carbocycles. The number of halogens is 1. The molecule has 238 valence electrons. The summed E-state index contributed by atoms with van der Waals surface area (Å²) in [6.07, 6.45) is 1.83. The number of anilines is 2. The Hall–Kier alpha value is -5.25. The highest BCUT2D eigenvalue weighted by atomic mass is 32.2. The topological polar surface area (TPSA) is 131 Å². The van der Waals surface area contributed by atoms with E-state index in [-0.39, 0.29) is 23.1 Å². The molecule has 0 saturated heterocycles. The van der Waals surface area contributed by atoms with Crippen LogP contribution in [0.25, 0.3) is 6.08 Å². The summed E-state index contributed by atoms with van der Waals surface area (Å²) < 4.78 is 14.5. The fraction of sp³-hybridized carbons (Fsp3) is 0.171. The Kier molecular flexibility index (Phi) is 10.5. The van der Waals surface area contributed by atoms with Crippen molar-refractivity contribution < 1.29 is 23.6 Å². The van der Waals surface area contributed by atoms with Crippen molar-refractivity contribution in [3.05, 3.63) is 118 Å². The zero-order valence-corrected chi connectivity index (χ0v) is 27.1. The van der Waals surface area contributed by atoms with Crippen LogP contribution in [0.3, 0.4) is 0 Å². The molecular weight excluding hydrogens is 638 g/mol. The number of benzene rings is 3. The highest BCUT2D eigenvalue weighted by Gasteiger charge is 2.27. The maximum atomic E-state index is 14.5. The van der Waals surface area contributed by atoms with Gasteiger partial charge in [0.05, 0.1) is 17.4 Å². The third kappa shape index (κ3) is 8.13. The van der Waals surface area contributed by atoms with Gasteiger partial charge in [-0.05, 0) is 61.4 Å². The smallest absolute Gasteiger partial charge is 0.272 e. The highest BCUT2D eigenvalue weighted by Crippen LogP contribution is 2.37. The number of nitrogens with one attached hydrogen (secondary N) is 3. The number of nitriles is 1. The monoisotopic (exact) mass is 667 g/mol. The maximum absolute atomic E-state index is 14.5. The van der Waals surface area contributed by atoms with Crippen LogP contribution in [0.15, 0.2) is 89.5 Å². The highest BCUT2D eigenvalue weighted by molar-refractivity contribution is 8.00. The van der Waals surface area contributed by atoms with Gasteiger partial charge in [0.25, 0.3) is 11.8 Å². The van der Waals surface area contributed by atoms with Gasteiger partial charge in [0.2, 0.25) is 11.8 Å². The first kappa shape index (κ1) is 33.1. The van der Waals surface area contributed by atoms with Crippen molar-refractivity contribution in [1.29, 1.82) is 5.26 Å². The zero-order chi connectivity index (χ0) is 33.5. The summed E-state index contributed by atoms with van der Waals surface area (Å²) in [5.74, 6) is -2.10. The molecule has 3 aromatic carbocycles. The first-order valence-electron chi connectivity index (χ1n) is 14.6. The predicted molar refractivity (Wildman–Crippen MR) is 181 cm³/mol. The van der Waals surface area contributed by atoms with Gasteiger partial charge in [-0.3, -0.25) is 19.2 Å². The van der Waals surface area contributed by atoms with Crippen molar-refractivity contribution in [2.45, 2.75) is 37.0 Å². The van der Waals surface area contributed by atoms with Crippen LogP contribution < -0.4 is 16.0 Å². The summed E-state index contributed by atoms with van der Waals surface area (Å²) in [5.41, 5.74) is 1.99. The van der Waals surface area contributed by atoms with E-state index in [0.717, 1.165) is 10.4 Å². The number of amides is 4. The minimum absolute atomic E-state index is 0.0362. The lowest BCUT2D eigenvalue weighted by atomic mass is 10.0. The van der Waals surface area contributed by atoms with E-state index in [1.54, 1.807) is 72.5 Å². The summed E-state index contributed by atoms with van der Waals surface area (Å²) >= 11 is 2.57. The molecule has 1 unspecified atom stereocenters. The molecule has 4 amide bonds. The molecule has 1 aromatic heterocycles. The van der Waals surface area contributed by atoms with E-state index in [9.17, 15) is 28.8 Å². The van der Waals surface area contributed by atoms with E-state index in [4.69, 9.17) is 0 Å². The van der Waals surface area contributed by atoms with Crippen molar-refractivity contribution >= 4 is 63.5 Å². The van der Waals surface area contributed by atoms with Crippen molar-refractivity contribution in [1.82, 2.24) is 10.2 Å². The third-order valence-electron chi connectivity index (χ3n) is 7.36. The molecule has 0 bridgehead atoms. The standard InChI is InChI=1S/C35H30FN5O4S2/c1-21(32(43)40-35-28(19-37)27-15-16-41(22(2)42)20-31(27)47-35)46-26-13-8-12-25(18-26)38-34(45)30(17-24-11-6-7-14-29(24)36)39-33(44)23-9-4-3-5-10-23/h3-14,17-18,21H,15-16,20H2,1-2H3,(H,38,45)(H,39,44)(H,40,43)/b30-17-. The van der Waals surface area contributed by atoms with Gasteiger partial charge in [0, 0.05) is 40.1 Å². The third-order valence-corrected chi connectivity index (χ3v) is 9.58. The van der Waals surface area contributed by atoms with Gasteiger partial charge in [-0.1, -0.05) is 42.5 Å². The lowest BCUT2D eigenvalue weighted by molar-refractivity contribution is -0.129. The molecule has 0 fully saturated rings. The molecule has 12 heteroatoms. The van der Waals surface area contributed by atoms with Crippen LogP contribution in [0.4, 0.5) is 15.1 Å². The van der Waals surface area contributed by atoms with E-state index < -0.39 is 22.9 Å². The predicted octanol–water partition coefficient (Wildman–Crippen LogP) is 6.19. The Balaban J connectivity index is 1.28. The van der Waals surface area contributed by atoms with Crippen LogP contribution in [0.1, 0.15) is 45.8 Å². The van der Waals surface area contributed by atoms with E-state index in [1.165, 1.54) is 54.3 Å². The SMILES string of the molecule is CC(=O)N1CCc2c(sc(NC(=O)C(C)Sc3cccc(NC(=O)/C(=C/c4ccccc4F)NC(=O)c4ccccc4)c3)c2C#N)C1. The summed E-state index contributed by atoms with van der Waals surface area (Å²) in [6, 6.07) is 23.3. The lowest BCUT2D eigenvalue weighted by Crippen LogP contribution is -2.33. The number of hydrogen-bond acceptors (Lipinski definition) is 7. The van der Waals surface area contributed by atoms with E-state index in [2.05, 4.69) is 22.0 Å². The minimum atomic E-state index is -0.667. The summed E-state index contributed by atoms with van der Waals surface area (Å²) in [5, 5.41) is 17.9. The van der Waals surface area contributed by atoms with Crippen LogP contribution >= 0.6 is 23.1 Å². The molecule has 4 aromatic rings. The molecule has 0 saturated carbocycles. The van der Waals surface area contributed by atoms with Crippen LogP contribution in [0, 0.1) is 17.1 Å². The summed E-state index contributed by atoms with van der Waals surface area (Å²) in [7, 11) is 0. The first-order valence-corrected chi connectivity index (χ1v) is 16.3. The van der Waals surface area contributed by atoms with Crippen LogP contribution in [0.2, 0.25) is 0 Å². The van der Waals surface area contributed by atoms with Crippen molar-refractivity contribution in [3.8, 4) is 6.07 Å². The molecule has 0 spiro atoms. The first-order chi connectivity index (χ1) is 22.6. The Bertz CT molecular complexity index is 1920. The molecule has 5 rings (SSSR count). The number of thioether (sulfide) groups is 1. The Labute approximate surface area is 279 Å². The molecule has 3 N–H and O–H groups in total. The Morgan fingerprint density at radius 2 is 1.77 bits per heavy atom. The number of nitrogens with zero attached hydrogens (tertiary/aromatic N) is 2. The molecule has 1 aliphatic heterocycles. The fourth-order valence-electron chi connectivity index (χ4n) is 4.89. The van der Waals surface area contributed by atoms with E-state index in [0.29, 0.717) is 46.2 Å². The van der Waals surface area contributed by atoms with Crippen molar-refractivity contribution in [3.63, 3.8) is 0 Å². The number of carbonyl (C=O) groups is 4. The Morgan fingerprint density at radius 3 is 2.49 bits per heavy atom. The summed E-state index contributed by atoms with van der Waals surface area (Å²) in [4.78, 5) is 54.6. The zero-order valence-electron chi connectivity index (χ0n) is 25.5. The molecule has 0 radical (unpaired) electrons. The average molecular weight is 668 g/mol. The molecule has 1 atom stereocenters. The van der Waals surface area contributed by atoms with Gasteiger partial charge in [0.1, 0.15) is 22.6 Å². The van der Waals surface area contributed by atoms with Gasteiger partial charge in [-0.2, -0.15) is 5.26 Å². The maximum Gasteiger partial charge on any atom is 0.272 e. The van der Waals surface area contributed by atoms with Crippen molar-refractivity contribution in [2.75, 3.05) is 17.2 Å². The molecule has 47 heavy (non-hydrogen) atoms. The van der Waals surface area contributed by atoms with Gasteiger partial charge in [-0.25, -0.2) is 4.39 Å². The van der Waals surface area contributed by atoms with Gasteiger partial charge < -0.3 is 20.9 Å². The fourth-order valence-corrected chi connectivity index (χ4v) is 7.03. The average Bonchev–Trinajstić information content (AvgIpc) is 3.41. The second kappa shape index (κ2) is 14.9. The molecule has 9 nitrogen and oxygen atoms in total. The quantitative estimate of drug-likeness (QED) is 0.144. The largest absolute Gasteiger partial charge is 0.337 e. The van der Waals surface area contributed by atoms with Crippen LogP contribution in [0.5, 0.6) is 0 Å². The van der Waals surface area contributed by atoms with Gasteiger partial charge in [-0.15, -0.1) is 23.1 Å². The molecule has 2 heterocycles. The summed E-state index contributed by atoms with van der Waals surface area (Å²) in [6.45, 7) is 4.18. The minimum Gasteiger partial charge on any atom is -0.337 e. The van der Waals surface area contributed by atoms with E-state index >= 15 is 0 Å². The molecular formula is C35H30FN5O4S2. The number of fused-ring (bicyclic) bond motifs is 1. The normalized spacial score (nSPS) is 13.1. The van der Waals surface area contributed by atoms with Crippen molar-refractivity contribution in [2.24, 2.45) is 0 Å². The van der Waals surface area contributed by atoms with Gasteiger partial charge >= 0.3 is 0 Å². The second-order valence-corrected chi connectivity index (χ2v) is 13.2. The lowest BCUT2D eigenvalue weighted by Gasteiger charge is -2.25. The van der Waals surface area contributed by atoms with Gasteiger partial charge in [0.15, 0.2) is 0 Å². The second-order valence-electron chi connectivity index (χ2n) is 10.6. The van der Waals surface area contributed by atoms with Crippen LogP contribution in [-0.2, 0) is 27.3 Å². The number of hydrogen-bond donors (Lipinski definition) is 3. The number of rotatable bonds is 9. The number of thiophene rings is 1.